The molecule has 0 saturated carbocycles. The van der Waals surface area contributed by atoms with Crippen molar-refractivity contribution < 1.29 is 33.7 Å². The number of aliphatic hydroxyl groups is 1. The van der Waals surface area contributed by atoms with Crippen LogP contribution in [0.1, 0.15) is 33.9 Å². The van der Waals surface area contributed by atoms with Crippen molar-refractivity contribution >= 4 is 45.7 Å². The number of carbonyl (C=O) groups excluding carboxylic acids is 2. The van der Waals surface area contributed by atoms with E-state index in [-0.39, 0.29) is 33.8 Å². The van der Waals surface area contributed by atoms with Crippen LogP contribution >= 0.6 is 23.1 Å². The van der Waals surface area contributed by atoms with E-state index < -0.39 is 23.5 Å². The molecule has 0 aliphatic carbocycles. The highest BCUT2D eigenvalue weighted by Crippen LogP contribution is 2.45. The first-order valence-electron chi connectivity index (χ1n) is 14.4. The minimum Gasteiger partial charge on any atom is -0.507 e. The fraction of sp³-hybridized carbons (Fsp3) is 0.143. The number of thioether (sulfide) groups is 1. The van der Waals surface area contributed by atoms with Gasteiger partial charge in [0.15, 0.2) is 15.8 Å². The first-order chi connectivity index (χ1) is 22.7. The number of rotatable bonds is 10. The van der Waals surface area contributed by atoms with Crippen molar-refractivity contribution in [3.8, 4) is 17.2 Å². The predicted octanol–water partition coefficient (Wildman–Crippen LogP) is 7.20. The van der Waals surface area contributed by atoms with Crippen LogP contribution in [0.5, 0.6) is 17.2 Å². The van der Waals surface area contributed by atoms with Crippen molar-refractivity contribution in [3.63, 3.8) is 0 Å². The largest absolute Gasteiger partial charge is 0.507 e. The van der Waals surface area contributed by atoms with Crippen LogP contribution in [-0.2, 0) is 21.9 Å². The Bertz CT molecular complexity index is 2000. The van der Waals surface area contributed by atoms with Gasteiger partial charge in [-0.05, 0) is 66.1 Å². The van der Waals surface area contributed by atoms with Crippen molar-refractivity contribution in [2.45, 2.75) is 29.7 Å². The molecule has 1 aliphatic heterocycles. The van der Waals surface area contributed by atoms with Gasteiger partial charge in [-0.15, -0.1) is 10.2 Å². The number of anilines is 1. The lowest BCUT2D eigenvalue weighted by molar-refractivity contribution is -0.132. The third kappa shape index (κ3) is 6.69. The molecule has 238 valence electrons. The number of Topliss-reactive ketones (excluding diaryl/α,β-unsaturated/α-hetero) is 1. The fourth-order valence-corrected chi connectivity index (χ4v) is 7.01. The van der Waals surface area contributed by atoms with E-state index in [1.54, 1.807) is 42.5 Å². The van der Waals surface area contributed by atoms with Gasteiger partial charge in [-0.2, -0.15) is 0 Å². The van der Waals surface area contributed by atoms with E-state index in [1.807, 2.05) is 31.2 Å². The molecule has 47 heavy (non-hydrogen) atoms. The van der Waals surface area contributed by atoms with Gasteiger partial charge in [0.05, 0.1) is 18.7 Å². The fourth-order valence-electron chi connectivity index (χ4n) is 5.16. The van der Waals surface area contributed by atoms with E-state index in [1.165, 1.54) is 48.0 Å². The van der Waals surface area contributed by atoms with Crippen LogP contribution in [0.4, 0.5) is 9.52 Å². The number of aromatic nitrogens is 2. The Morgan fingerprint density at radius 2 is 1.79 bits per heavy atom. The van der Waals surface area contributed by atoms with Crippen LogP contribution in [0.2, 0.25) is 0 Å². The Morgan fingerprint density at radius 1 is 1.00 bits per heavy atom. The summed E-state index contributed by atoms with van der Waals surface area (Å²) in [4.78, 5) is 28.4. The molecule has 0 spiro atoms. The second-order valence-electron chi connectivity index (χ2n) is 10.6. The van der Waals surface area contributed by atoms with Crippen molar-refractivity contribution in [1.82, 2.24) is 10.2 Å². The maximum atomic E-state index is 14.2. The van der Waals surface area contributed by atoms with E-state index >= 15 is 0 Å². The molecule has 9 nitrogen and oxygen atoms in total. The molecule has 1 unspecified atom stereocenters. The van der Waals surface area contributed by atoms with Gasteiger partial charge in [0, 0.05) is 11.3 Å². The molecule has 1 amide bonds. The van der Waals surface area contributed by atoms with Gasteiger partial charge in [0.1, 0.15) is 23.9 Å². The van der Waals surface area contributed by atoms with Crippen LogP contribution < -0.4 is 14.4 Å². The first kappa shape index (κ1) is 31.8. The van der Waals surface area contributed by atoms with Crippen LogP contribution in [-0.4, -0.2) is 39.2 Å². The second-order valence-corrected chi connectivity index (χ2v) is 12.8. The van der Waals surface area contributed by atoms with Gasteiger partial charge in [-0.1, -0.05) is 77.2 Å². The predicted molar refractivity (Wildman–Crippen MR) is 177 cm³/mol. The molecular weight excluding hydrogens is 642 g/mol. The number of nitrogens with zero attached hydrogens (tertiary/aromatic N) is 3. The molecule has 1 aromatic heterocycles. The average molecular weight is 670 g/mol. The molecule has 1 aliphatic rings. The zero-order valence-corrected chi connectivity index (χ0v) is 26.8. The van der Waals surface area contributed by atoms with Crippen LogP contribution in [0.15, 0.2) is 101 Å². The zero-order chi connectivity index (χ0) is 33.1. The van der Waals surface area contributed by atoms with E-state index in [0.717, 1.165) is 22.5 Å². The SMILES string of the molecule is COc1cc(C2/C(=C(\O)c3ccc(OCc4cccc(C)c4)cc3)C(=O)C(=O)N2c2nnc(SCc3ccccc3F)s2)ccc1O. The normalized spacial score (nSPS) is 15.6. The molecule has 12 heteroatoms. The number of aliphatic hydroxyl groups excluding tert-OH is 1. The summed E-state index contributed by atoms with van der Waals surface area (Å²) in [5, 5.41) is 30.3. The number of halogens is 1. The number of methoxy groups -OCH3 is 1. The molecule has 1 saturated heterocycles. The Balaban J connectivity index is 1.33. The van der Waals surface area contributed by atoms with E-state index in [0.29, 0.717) is 33.4 Å². The number of phenolic OH excluding ortho intramolecular Hbond substituents is 1. The Morgan fingerprint density at radius 3 is 2.53 bits per heavy atom. The Hall–Kier alpha value is -5.20. The Kier molecular flexibility index (Phi) is 9.23. The van der Waals surface area contributed by atoms with Gasteiger partial charge in [-0.3, -0.25) is 14.5 Å². The highest BCUT2D eigenvalue weighted by atomic mass is 32.2. The lowest BCUT2D eigenvalue weighted by Crippen LogP contribution is -2.29. The molecule has 0 bridgehead atoms. The highest BCUT2D eigenvalue weighted by Gasteiger charge is 2.48. The third-order valence-electron chi connectivity index (χ3n) is 7.49. The maximum Gasteiger partial charge on any atom is 0.301 e. The summed E-state index contributed by atoms with van der Waals surface area (Å²) in [7, 11) is 1.38. The highest BCUT2D eigenvalue weighted by molar-refractivity contribution is 8.00. The molecule has 2 N–H and O–H groups in total. The number of benzene rings is 4. The number of hydrogen-bond donors (Lipinski definition) is 2. The van der Waals surface area contributed by atoms with Crippen LogP contribution in [0.25, 0.3) is 5.76 Å². The van der Waals surface area contributed by atoms with Crippen molar-refractivity contribution in [2.75, 3.05) is 12.0 Å². The summed E-state index contributed by atoms with van der Waals surface area (Å²) in [5.41, 5.74) is 3.11. The molecule has 2 heterocycles. The van der Waals surface area contributed by atoms with E-state index in [9.17, 15) is 24.2 Å². The number of phenols is 1. The standard InChI is InChI=1S/C35H28FN3O6S2/c1-20-6-5-7-21(16-20)18-45-25-13-10-22(11-14-25)31(41)29-30(23-12-15-27(40)28(17-23)44-2)39(33(43)32(29)42)34-37-38-35(47-34)46-19-24-8-3-4-9-26(24)36/h3-17,30,40-41H,18-19H2,1-2H3/b31-29+. The summed E-state index contributed by atoms with van der Waals surface area (Å²) >= 11 is 2.30. The number of amides is 1. The number of ketones is 1. The molecule has 4 aromatic carbocycles. The minimum atomic E-state index is -1.13. The molecule has 5 aromatic rings. The second kappa shape index (κ2) is 13.7. The number of hydrogen-bond acceptors (Lipinski definition) is 10. The molecule has 0 radical (unpaired) electrons. The van der Waals surface area contributed by atoms with Crippen LogP contribution in [0, 0.1) is 12.7 Å². The molecular formula is C35H28FN3O6S2. The lowest BCUT2D eigenvalue weighted by atomic mass is 9.95. The maximum absolute atomic E-state index is 14.2. The number of aromatic hydroxyl groups is 1. The lowest BCUT2D eigenvalue weighted by Gasteiger charge is -2.23. The number of carbonyl (C=O) groups is 2. The summed E-state index contributed by atoms with van der Waals surface area (Å²) in [6.07, 6.45) is 0. The topological polar surface area (TPSA) is 122 Å². The smallest absolute Gasteiger partial charge is 0.301 e. The average Bonchev–Trinajstić information content (AvgIpc) is 3.65. The monoisotopic (exact) mass is 669 g/mol. The number of aryl methyl sites for hydroxylation is 1. The van der Waals surface area contributed by atoms with E-state index in [4.69, 9.17) is 9.47 Å². The quantitative estimate of drug-likeness (QED) is 0.0523. The van der Waals surface area contributed by atoms with Gasteiger partial charge in [-0.25, -0.2) is 4.39 Å². The molecule has 1 atom stereocenters. The molecule has 6 rings (SSSR count). The summed E-state index contributed by atoms with van der Waals surface area (Å²) in [6.45, 7) is 2.35. The Labute approximate surface area is 277 Å². The van der Waals surface area contributed by atoms with Crippen LogP contribution in [0.3, 0.4) is 0 Å². The zero-order valence-electron chi connectivity index (χ0n) is 25.2. The summed E-state index contributed by atoms with van der Waals surface area (Å²) in [5.74, 6) is -1.77. The van der Waals surface area contributed by atoms with Crippen molar-refractivity contribution in [3.05, 3.63) is 130 Å². The number of ether oxygens (including phenoxy) is 2. The summed E-state index contributed by atoms with van der Waals surface area (Å²) in [6, 6.07) is 24.2. The van der Waals surface area contributed by atoms with E-state index in [2.05, 4.69) is 10.2 Å². The van der Waals surface area contributed by atoms with Gasteiger partial charge in [0.25, 0.3) is 5.78 Å². The van der Waals surface area contributed by atoms with Crippen molar-refractivity contribution in [1.29, 1.82) is 0 Å². The van der Waals surface area contributed by atoms with Gasteiger partial charge < -0.3 is 19.7 Å². The van der Waals surface area contributed by atoms with Gasteiger partial charge in [0.2, 0.25) is 5.13 Å². The molecule has 1 fully saturated rings. The summed E-state index contributed by atoms with van der Waals surface area (Å²) < 4.78 is 25.8. The third-order valence-corrected chi connectivity index (χ3v) is 9.60. The first-order valence-corrected chi connectivity index (χ1v) is 16.2. The van der Waals surface area contributed by atoms with Crippen molar-refractivity contribution in [2.24, 2.45) is 0 Å². The minimum absolute atomic E-state index is 0.110. The van der Waals surface area contributed by atoms with Gasteiger partial charge >= 0.3 is 5.91 Å².